The molecular weight excluding hydrogens is 396 g/mol. The highest BCUT2D eigenvalue weighted by atomic mass is 32.2. The number of benzene rings is 3. The van der Waals surface area contributed by atoms with E-state index in [9.17, 15) is 4.79 Å². The van der Waals surface area contributed by atoms with Crippen LogP contribution in [-0.2, 0) is 11.3 Å². The fraction of sp³-hybridized carbons (Fsp3) is 0.174. The number of aromatic nitrogens is 3. The number of hydrogen-bond donors (Lipinski definition) is 1. The van der Waals surface area contributed by atoms with Gasteiger partial charge in [-0.2, -0.15) is 0 Å². The highest BCUT2D eigenvalue weighted by Crippen LogP contribution is 2.27. The molecule has 0 aliphatic heterocycles. The van der Waals surface area contributed by atoms with E-state index in [-0.39, 0.29) is 11.7 Å². The molecule has 0 saturated carbocycles. The first-order valence-electron chi connectivity index (χ1n) is 9.67. The van der Waals surface area contributed by atoms with Gasteiger partial charge in [0.05, 0.1) is 12.9 Å². The van der Waals surface area contributed by atoms with Gasteiger partial charge in [-0.25, -0.2) is 0 Å². The SMILES string of the molecule is CCn1c(SCC(=O)Nc2cccc3ccccc23)nnc1-c1cccc(OC)c1. The zero-order chi connectivity index (χ0) is 20.9. The predicted octanol–water partition coefficient (Wildman–Crippen LogP) is 4.86. The summed E-state index contributed by atoms with van der Waals surface area (Å²) in [6, 6.07) is 21.6. The first-order chi connectivity index (χ1) is 14.7. The van der Waals surface area contributed by atoms with E-state index in [2.05, 4.69) is 15.5 Å². The van der Waals surface area contributed by atoms with Crippen LogP contribution in [0.5, 0.6) is 5.75 Å². The molecular formula is C23H22N4O2S. The molecule has 0 saturated heterocycles. The van der Waals surface area contributed by atoms with Gasteiger partial charge in [-0.05, 0) is 30.5 Å². The van der Waals surface area contributed by atoms with Gasteiger partial charge in [0.2, 0.25) is 5.91 Å². The Kier molecular flexibility index (Phi) is 5.99. The smallest absolute Gasteiger partial charge is 0.234 e. The van der Waals surface area contributed by atoms with E-state index in [1.165, 1.54) is 11.8 Å². The molecule has 0 unspecified atom stereocenters. The van der Waals surface area contributed by atoms with Gasteiger partial charge in [-0.3, -0.25) is 4.79 Å². The fourth-order valence-electron chi connectivity index (χ4n) is 3.31. The molecule has 152 valence electrons. The van der Waals surface area contributed by atoms with Gasteiger partial charge in [-0.1, -0.05) is 60.3 Å². The number of methoxy groups -OCH3 is 1. The van der Waals surface area contributed by atoms with Crippen molar-refractivity contribution in [2.24, 2.45) is 0 Å². The Labute approximate surface area is 179 Å². The van der Waals surface area contributed by atoms with Crippen LogP contribution < -0.4 is 10.1 Å². The number of anilines is 1. The van der Waals surface area contributed by atoms with Crippen LogP contribution in [0.3, 0.4) is 0 Å². The Morgan fingerprint density at radius 2 is 1.87 bits per heavy atom. The Balaban J connectivity index is 1.48. The number of nitrogens with zero attached hydrogens (tertiary/aromatic N) is 3. The average molecular weight is 419 g/mol. The summed E-state index contributed by atoms with van der Waals surface area (Å²) in [6.07, 6.45) is 0. The van der Waals surface area contributed by atoms with Gasteiger partial charge < -0.3 is 14.6 Å². The van der Waals surface area contributed by atoms with Gasteiger partial charge in [0, 0.05) is 23.2 Å². The van der Waals surface area contributed by atoms with E-state index >= 15 is 0 Å². The maximum absolute atomic E-state index is 12.6. The van der Waals surface area contributed by atoms with E-state index in [0.29, 0.717) is 11.7 Å². The van der Waals surface area contributed by atoms with Crippen molar-refractivity contribution in [1.82, 2.24) is 14.8 Å². The van der Waals surface area contributed by atoms with Crippen LogP contribution in [0.4, 0.5) is 5.69 Å². The van der Waals surface area contributed by atoms with Crippen LogP contribution in [-0.4, -0.2) is 33.5 Å². The summed E-state index contributed by atoms with van der Waals surface area (Å²) in [6.45, 7) is 2.74. The van der Waals surface area contributed by atoms with Gasteiger partial charge in [0.15, 0.2) is 11.0 Å². The molecule has 7 heteroatoms. The molecule has 1 heterocycles. The Morgan fingerprint density at radius 3 is 2.70 bits per heavy atom. The number of hydrogen-bond acceptors (Lipinski definition) is 5. The zero-order valence-corrected chi connectivity index (χ0v) is 17.6. The molecule has 0 aliphatic rings. The number of ether oxygens (including phenoxy) is 1. The maximum atomic E-state index is 12.6. The molecule has 4 rings (SSSR count). The molecule has 0 spiro atoms. The van der Waals surface area contributed by atoms with E-state index in [1.807, 2.05) is 78.2 Å². The number of rotatable bonds is 7. The number of nitrogens with one attached hydrogen (secondary N) is 1. The van der Waals surface area contributed by atoms with Crippen LogP contribution in [0, 0.1) is 0 Å². The van der Waals surface area contributed by atoms with Crippen molar-refractivity contribution in [2.45, 2.75) is 18.6 Å². The third kappa shape index (κ3) is 4.16. The van der Waals surface area contributed by atoms with Gasteiger partial charge in [-0.15, -0.1) is 10.2 Å². The molecule has 1 amide bonds. The zero-order valence-electron chi connectivity index (χ0n) is 16.8. The van der Waals surface area contributed by atoms with Gasteiger partial charge in [0.1, 0.15) is 5.75 Å². The summed E-state index contributed by atoms with van der Waals surface area (Å²) in [5.74, 6) is 1.69. The third-order valence-electron chi connectivity index (χ3n) is 4.76. The van der Waals surface area contributed by atoms with E-state index < -0.39 is 0 Å². The van der Waals surface area contributed by atoms with Gasteiger partial charge in [0.25, 0.3) is 0 Å². The number of carbonyl (C=O) groups is 1. The Bertz CT molecular complexity index is 1180. The van der Waals surface area contributed by atoms with Crippen molar-refractivity contribution in [3.63, 3.8) is 0 Å². The first kappa shape index (κ1) is 20.0. The third-order valence-corrected chi connectivity index (χ3v) is 5.72. The number of carbonyl (C=O) groups excluding carboxylic acids is 1. The van der Waals surface area contributed by atoms with E-state index in [1.54, 1.807) is 7.11 Å². The van der Waals surface area contributed by atoms with Crippen molar-refractivity contribution in [3.8, 4) is 17.1 Å². The first-order valence-corrected chi connectivity index (χ1v) is 10.7. The van der Waals surface area contributed by atoms with Crippen molar-refractivity contribution in [2.75, 3.05) is 18.2 Å². The lowest BCUT2D eigenvalue weighted by atomic mass is 10.1. The molecule has 30 heavy (non-hydrogen) atoms. The number of fused-ring (bicyclic) bond motifs is 1. The minimum atomic E-state index is -0.0788. The van der Waals surface area contributed by atoms with Crippen LogP contribution in [0.2, 0.25) is 0 Å². The van der Waals surface area contributed by atoms with Crippen LogP contribution in [0.25, 0.3) is 22.2 Å². The number of thioether (sulfide) groups is 1. The second-order valence-electron chi connectivity index (χ2n) is 6.65. The molecule has 3 aromatic carbocycles. The van der Waals surface area contributed by atoms with Crippen molar-refractivity contribution >= 4 is 34.1 Å². The fourth-order valence-corrected chi connectivity index (χ4v) is 4.11. The largest absolute Gasteiger partial charge is 0.497 e. The predicted molar refractivity (Wildman–Crippen MR) is 121 cm³/mol. The van der Waals surface area contributed by atoms with Crippen LogP contribution in [0.1, 0.15) is 6.92 Å². The lowest BCUT2D eigenvalue weighted by molar-refractivity contribution is -0.113. The highest BCUT2D eigenvalue weighted by molar-refractivity contribution is 7.99. The topological polar surface area (TPSA) is 69.0 Å². The lowest BCUT2D eigenvalue weighted by Crippen LogP contribution is -2.15. The Hall–Kier alpha value is -3.32. The summed E-state index contributed by atoms with van der Waals surface area (Å²) >= 11 is 1.38. The normalized spacial score (nSPS) is 10.9. The molecule has 0 bridgehead atoms. The second kappa shape index (κ2) is 9.00. The lowest BCUT2D eigenvalue weighted by Gasteiger charge is -2.10. The van der Waals surface area contributed by atoms with Crippen LogP contribution in [0.15, 0.2) is 71.9 Å². The van der Waals surface area contributed by atoms with Crippen molar-refractivity contribution in [3.05, 3.63) is 66.7 Å². The minimum absolute atomic E-state index is 0.0788. The highest BCUT2D eigenvalue weighted by Gasteiger charge is 2.15. The summed E-state index contributed by atoms with van der Waals surface area (Å²) < 4.78 is 7.31. The molecule has 0 radical (unpaired) electrons. The molecule has 0 aliphatic carbocycles. The molecule has 6 nitrogen and oxygen atoms in total. The van der Waals surface area contributed by atoms with Crippen molar-refractivity contribution < 1.29 is 9.53 Å². The summed E-state index contributed by atoms with van der Waals surface area (Å²) in [7, 11) is 1.64. The molecule has 0 atom stereocenters. The quantitative estimate of drug-likeness (QED) is 0.434. The second-order valence-corrected chi connectivity index (χ2v) is 7.59. The molecule has 1 aromatic heterocycles. The van der Waals surface area contributed by atoms with Crippen LogP contribution >= 0.6 is 11.8 Å². The van der Waals surface area contributed by atoms with Crippen molar-refractivity contribution in [1.29, 1.82) is 0 Å². The average Bonchev–Trinajstić information content (AvgIpc) is 3.21. The number of amides is 1. The van der Waals surface area contributed by atoms with E-state index in [4.69, 9.17) is 4.74 Å². The molecule has 1 N–H and O–H groups in total. The molecule has 0 fully saturated rings. The summed E-state index contributed by atoms with van der Waals surface area (Å²) in [4.78, 5) is 12.6. The monoisotopic (exact) mass is 418 g/mol. The summed E-state index contributed by atoms with van der Waals surface area (Å²) in [5.41, 5.74) is 1.74. The summed E-state index contributed by atoms with van der Waals surface area (Å²) in [5, 5.41) is 14.5. The van der Waals surface area contributed by atoms with E-state index in [0.717, 1.165) is 33.6 Å². The molecule has 4 aromatic rings. The Morgan fingerprint density at radius 1 is 1.07 bits per heavy atom. The van der Waals surface area contributed by atoms with Gasteiger partial charge >= 0.3 is 0 Å². The standard InChI is InChI=1S/C23H22N4O2S/c1-3-27-22(17-10-6-11-18(14-17)29-2)25-26-23(27)30-15-21(28)24-20-13-7-9-16-8-4-5-12-19(16)20/h4-14H,3,15H2,1-2H3,(H,24,28). The maximum Gasteiger partial charge on any atom is 0.234 e. The minimum Gasteiger partial charge on any atom is -0.497 e.